The zero-order valence-corrected chi connectivity index (χ0v) is 10.7. The molecule has 1 N–H and O–H groups in total. The molecular weight excluding hydrogens is 246 g/mol. The minimum Gasteiger partial charge on any atom is -0.356 e. The van der Waals surface area contributed by atoms with Crippen LogP contribution in [0.4, 0.5) is 0 Å². The molecule has 0 aliphatic carbocycles. The summed E-state index contributed by atoms with van der Waals surface area (Å²) < 4.78 is 1.54. The van der Waals surface area contributed by atoms with Crippen LogP contribution in [0.2, 0.25) is 0 Å². The van der Waals surface area contributed by atoms with Crippen molar-refractivity contribution in [1.82, 2.24) is 25.2 Å². The van der Waals surface area contributed by atoms with Crippen LogP contribution in [0.5, 0.6) is 0 Å². The Kier molecular flexibility index (Phi) is 2.96. The van der Waals surface area contributed by atoms with E-state index in [-0.39, 0.29) is 23.8 Å². The van der Waals surface area contributed by atoms with Gasteiger partial charge in [-0.3, -0.25) is 9.59 Å². The second-order valence-corrected chi connectivity index (χ2v) is 5.43. The fourth-order valence-corrected chi connectivity index (χ4v) is 2.89. The fraction of sp³-hybridized carbons (Fsp3) is 0.667. The molecule has 3 rings (SSSR count). The Labute approximate surface area is 110 Å². The molecule has 0 atom stereocenters. The van der Waals surface area contributed by atoms with Gasteiger partial charge in [0.25, 0.3) is 0 Å². The maximum absolute atomic E-state index is 12.1. The average Bonchev–Trinajstić information content (AvgIpc) is 3.01. The van der Waals surface area contributed by atoms with Crippen LogP contribution in [0, 0.1) is 5.41 Å². The monoisotopic (exact) mass is 263 g/mol. The number of rotatable bonds is 2. The van der Waals surface area contributed by atoms with Gasteiger partial charge >= 0.3 is 0 Å². The topological polar surface area (TPSA) is 80.1 Å². The summed E-state index contributed by atoms with van der Waals surface area (Å²) in [6.07, 6.45) is 5.65. The van der Waals surface area contributed by atoms with E-state index < -0.39 is 0 Å². The van der Waals surface area contributed by atoms with Gasteiger partial charge in [0.05, 0.1) is 6.20 Å². The number of piperidine rings is 1. The minimum atomic E-state index is 0.0673. The van der Waals surface area contributed by atoms with Gasteiger partial charge in [0.2, 0.25) is 11.8 Å². The van der Waals surface area contributed by atoms with Gasteiger partial charge in [-0.1, -0.05) is 5.21 Å². The van der Waals surface area contributed by atoms with Gasteiger partial charge in [-0.2, -0.15) is 0 Å². The lowest BCUT2D eigenvalue weighted by Crippen LogP contribution is -2.45. The van der Waals surface area contributed by atoms with Gasteiger partial charge in [0.15, 0.2) is 0 Å². The molecule has 0 aromatic carbocycles. The van der Waals surface area contributed by atoms with Crippen LogP contribution in [-0.2, 0) is 16.1 Å². The van der Waals surface area contributed by atoms with Gasteiger partial charge < -0.3 is 10.2 Å². The van der Waals surface area contributed by atoms with Gasteiger partial charge in [-0.05, 0) is 18.3 Å². The highest BCUT2D eigenvalue weighted by Gasteiger charge is 2.41. The smallest absolute Gasteiger partial charge is 0.244 e. The first kappa shape index (κ1) is 12.1. The van der Waals surface area contributed by atoms with Crippen LogP contribution in [0.25, 0.3) is 0 Å². The molecule has 7 heteroatoms. The molecule has 2 aliphatic rings. The lowest BCUT2D eigenvalue weighted by molar-refractivity contribution is -0.134. The first-order chi connectivity index (χ1) is 9.17. The van der Waals surface area contributed by atoms with Gasteiger partial charge in [-0.25, -0.2) is 4.68 Å². The van der Waals surface area contributed by atoms with Gasteiger partial charge in [0, 0.05) is 32.3 Å². The van der Waals surface area contributed by atoms with Crippen molar-refractivity contribution >= 4 is 11.8 Å². The Morgan fingerprint density at radius 2 is 2.21 bits per heavy atom. The third-order valence-electron chi connectivity index (χ3n) is 4.14. The zero-order chi connectivity index (χ0) is 13.3. The van der Waals surface area contributed by atoms with Crippen molar-refractivity contribution in [3.05, 3.63) is 12.4 Å². The van der Waals surface area contributed by atoms with Crippen molar-refractivity contribution in [2.45, 2.75) is 25.8 Å². The lowest BCUT2D eigenvalue weighted by atomic mass is 9.77. The Hall–Kier alpha value is -1.92. The van der Waals surface area contributed by atoms with Crippen molar-refractivity contribution in [1.29, 1.82) is 0 Å². The minimum absolute atomic E-state index is 0.0673. The van der Waals surface area contributed by atoms with Crippen LogP contribution in [-0.4, -0.2) is 51.3 Å². The Morgan fingerprint density at radius 3 is 2.79 bits per heavy atom. The molecule has 2 saturated heterocycles. The number of carbonyl (C=O) groups excluding carboxylic acids is 2. The molecule has 2 aliphatic heterocycles. The molecular formula is C12H17N5O2. The maximum Gasteiger partial charge on any atom is 0.244 e. The number of likely N-dealkylation sites (tertiary alicyclic amines) is 1. The highest BCUT2D eigenvalue weighted by atomic mass is 16.2. The van der Waals surface area contributed by atoms with Crippen molar-refractivity contribution in [2.24, 2.45) is 5.41 Å². The predicted octanol–water partition coefficient (Wildman–Crippen LogP) is -0.593. The normalized spacial score (nSPS) is 21.7. The predicted molar refractivity (Wildman–Crippen MR) is 65.9 cm³/mol. The van der Waals surface area contributed by atoms with Crippen molar-refractivity contribution < 1.29 is 9.59 Å². The quantitative estimate of drug-likeness (QED) is 0.773. The van der Waals surface area contributed by atoms with Crippen LogP contribution in [0.1, 0.15) is 19.3 Å². The van der Waals surface area contributed by atoms with E-state index in [2.05, 4.69) is 15.6 Å². The third-order valence-corrected chi connectivity index (χ3v) is 4.14. The highest BCUT2D eigenvalue weighted by Crippen LogP contribution is 2.37. The third kappa shape index (κ3) is 2.45. The summed E-state index contributed by atoms with van der Waals surface area (Å²) in [5.74, 6) is 0.208. The molecule has 2 fully saturated rings. The largest absolute Gasteiger partial charge is 0.356 e. The number of carbonyl (C=O) groups is 2. The fourth-order valence-electron chi connectivity index (χ4n) is 2.89. The number of amides is 2. The van der Waals surface area contributed by atoms with Crippen molar-refractivity contribution in [2.75, 3.05) is 19.6 Å². The molecule has 1 aromatic rings. The molecule has 3 heterocycles. The summed E-state index contributed by atoms with van der Waals surface area (Å²) in [6.45, 7) is 2.45. The maximum atomic E-state index is 12.1. The molecule has 1 aromatic heterocycles. The molecule has 0 saturated carbocycles. The second kappa shape index (κ2) is 4.64. The Morgan fingerprint density at radius 1 is 1.42 bits per heavy atom. The van der Waals surface area contributed by atoms with E-state index in [0.717, 1.165) is 32.5 Å². The first-order valence-electron chi connectivity index (χ1n) is 6.56. The van der Waals surface area contributed by atoms with E-state index >= 15 is 0 Å². The van der Waals surface area contributed by atoms with Crippen molar-refractivity contribution in [3.8, 4) is 0 Å². The summed E-state index contributed by atoms with van der Waals surface area (Å²) >= 11 is 0. The molecule has 1 spiro atoms. The number of hydrogen-bond acceptors (Lipinski definition) is 4. The Balaban J connectivity index is 1.55. The first-order valence-corrected chi connectivity index (χ1v) is 6.56. The SMILES string of the molecule is O=C1CC2(CCN(C(=O)Cn3ccnn3)CC2)CN1. The molecule has 102 valence electrons. The van der Waals surface area contributed by atoms with Gasteiger partial charge in [0.1, 0.15) is 6.54 Å². The number of nitrogens with zero attached hydrogens (tertiary/aromatic N) is 4. The van der Waals surface area contributed by atoms with E-state index in [1.165, 1.54) is 4.68 Å². The van der Waals surface area contributed by atoms with E-state index in [0.29, 0.717) is 6.42 Å². The zero-order valence-electron chi connectivity index (χ0n) is 10.7. The summed E-state index contributed by atoms with van der Waals surface area (Å²) in [7, 11) is 0. The summed E-state index contributed by atoms with van der Waals surface area (Å²) in [5.41, 5.74) is 0.0844. The molecule has 7 nitrogen and oxygen atoms in total. The lowest BCUT2D eigenvalue weighted by Gasteiger charge is -2.38. The van der Waals surface area contributed by atoms with Crippen LogP contribution < -0.4 is 5.32 Å². The van der Waals surface area contributed by atoms with Crippen molar-refractivity contribution in [3.63, 3.8) is 0 Å². The number of aromatic nitrogens is 3. The summed E-state index contributed by atoms with van der Waals surface area (Å²) in [5, 5.41) is 10.4. The standard InChI is InChI=1S/C12H17N5O2/c18-10-7-12(9-13-10)1-4-16(5-2-12)11(19)8-17-6-3-14-15-17/h3,6H,1-2,4-5,7-9H2,(H,13,18). The second-order valence-electron chi connectivity index (χ2n) is 5.43. The molecule has 0 bridgehead atoms. The van der Waals surface area contributed by atoms with E-state index in [1.54, 1.807) is 12.4 Å². The molecule has 0 radical (unpaired) electrons. The summed E-state index contributed by atoms with van der Waals surface area (Å²) in [6, 6.07) is 0. The van der Waals surface area contributed by atoms with Crippen LogP contribution >= 0.6 is 0 Å². The molecule has 0 unspecified atom stereocenters. The van der Waals surface area contributed by atoms with Crippen LogP contribution in [0.3, 0.4) is 0 Å². The van der Waals surface area contributed by atoms with Crippen LogP contribution in [0.15, 0.2) is 12.4 Å². The Bertz CT molecular complexity index is 476. The van der Waals surface area contributed by atoms with E-state index in [4.69, 9.17) is 0 Å². The number of hydrogen-bond donors (Lipinski definition) is 1. The van der Waals surface area contributed by atoms with E-state index in [1.807, 2.05) is 4.90 Å². The highest BCUT2D eigenvalue weighted by molar-refractivity contribution is 5.79. The molecule has 19 heavy (non-hydrogen) atoms. The van der Waals surface area contributed by atoms with E-state index in [9.17, 15) is 9.59 Å². The molecule has 2 amide bonds. The van der Waals surface area contributed by atoms with Gasteiger partial charge in [-0.15, -0.1) is 5.10 Å². The summed E-state index contributed by atoms with van der Waals surface area (Å²) in [4.78, 5) is 25.3. The average molecular weight is 263 g/mol. The number of nitrogens with one attached hydrogen (secondary N) is 1.